The van der Waals surface area contributed by atoms with Gasteiger partial charge < -0.3 is 5.32 Å². The molecule has 0 unspecified atom stereocenters. The summed E-state index contributed by atoms with van der Waals surface area (Å²) in [6.07, 6.45) is -3.70. The van der Waals surface area contributed by atoms with Gasteiger partial charge in [-0.2, -0.15) is 13.2 Å². The van der Waals surface area contributed by atoms with Crippen LogP contribution >= 0.6 is 15.9 Å². The summed E-state index contributed by atoms with van der Waals surface area (Å²) in [5.41, 5.74) is -1.26. The smallest absolute Gasteiger partial charge is 0.320 e. The van der Waals surface area contributed by atoms with E-state index >= 15 is 0 Å². The number of rotatable bonds is 2. The lowest BCUT2D eigenvalue weighted by atomic mass is 10.2. The summed E-state index contributed by atoms with van der Waals surface area (Å²) in [6.45, 7) is 0. The molecule has 0 spiro atoms. The minimum Gasteiger partial charge on any atom is -0.320 e. The van der Waals surface area contributed by atoms with Gasteiger partial charge in [0.2, 0.25) is 0 Å². The third-order valence-electron chi connectivity index (χ3n) is 2.49. The van der Waals surface area contributed by atoms with Gasteiger partial charge in [0.05, 0.1) is 17.4 Å². The number of nitrogens with zero attached hydrogens (tertiary/aromatic N) is 1. The number of anilines is 1. The molecule has 1 amide bonds. The van der Waals surface area contributed by atoms with Crippen molar-refractivity contribution in [2.45, 2.75) is 6.18 Å². The molecule has 0 saturated carbocycles. The zero-order valence-electron chi connectivity index (χ0n) is 10.2. The molecule has 0 aliphatic rings. The van der Waals surface area contributed by atoms with Gasteiger partial charge in [0.25, 0.3) is 5.91 Å². The number of benzene rings is 1. The molecule has 1 heterocycles. The first-order valence-electron chi connectivity index (χ1n) is 5.57. The molecule has 0 aliphatic heterocycles. The maximum Gasteiger partial charge on any atom is 0.433 e. The van der Waals surface area contributed by atoms with E-state index < -0.39 is 23.6 Å². The number of hydrogen-bond acceptors (Lipinski definition) is 2. The van der Waals surface area contributed by atoms with Gasteiger partial charge in [-0.25, -0.2) is 9.37 Å². The van der Waals surface area contributed by atoms with Crippen molar-refractivity contribution in [3.05, 3.63) is 58.1 Å². The number of aromatic nitrogens is 1. The largest absolute Gasteiger partial charge is 0.433 e. The maximum atomic E-state index is 13.6. The molecule has 2 aromatic rings. The van der Waals surface area contributed by atoms with Gasteiger partial charge in [-0.3, -0.25) is 4.79 Å². The highest BCUT2D eigenvalue weighted by atomic mass is 79.9. The Labute approximate surface area is 125 Å². The van der Waals surface area contributed by atoms with Crippen LogP contribution in [0.15, 0.2) is 41.0 Å². The first-order valence-corrected chi connectivity index (χ1v) is 6.36. The van der Waals surface area contributed by atoms with Crippen LogP contribution in [0.5, 0.6) is 0 Å². The van der Waals surface area contributed by atoms with E-state index in [1.807, 2.05) is 0 Å². The summed E-state index contributed by atoms with van der Waals surface area (Å²) in [4.78, 5) is 15.0. The molecule has 1 N–H and O–H groups in total. The van der Waals surface area contributed by atoms with E-state index in [1.54, 1.807) is 0 Å². The van der Waals surface area contributed by atoms with Crippen molar-refractivity contribution in [3.63, 3.8) is 0 Å². The summed E-state index contributed by atoms with van der Waals surface area (Å²) < 4.78 is 51.0. The Morgan fingerprint density at radius 3 is 2.43 bits per heavy atom. The minimum atomic E-state index is -4.56. The second kappa shape index (κ2) is 5.80. The molecule has 1 aromatic carbocycles. The molecular formula is C13H7BrF4N2O. The molecule has 8 heteroatoms. The third kappa shape index (κ3) is 3.78. The van der Waals surface area contributed by atoms with Crippen molar-refractivity contribution in [3.8, 4) is 0 Å². The molecule has 110 valence electrons. The SMILES string of the molecule is O=C(Nc1ccc(C(F)(F)F)nc1)c1ccc(Br)cc1F. The predicted octanol–water partition coefficient (Wildman–Crippen LogP) is 4.25. The zero-order valence-corrected chi connectivity index (χ0v) is 11.8. The summed E-state index contributed by atoms with van der Waals surface area (Å²) in [6, 6.07) is 5.62. The number of halogens is 5. The van der Waals surface area contributed by atoms with Gasteiger partial charge in [0.15, 0.2) is 0 Å². The number of hydrogen-bond donors (Lipinski definition) is 1. The lowest BCUT2D eigenvalue weighted by Gasteiger charge is -2.08. The van der Waals surface area contributed by atoms with Gasteiger partial charge in [0, 0.05) is 4.47 Å². The van der Waals surface area contributed by atoms with Crippen LogP contribution in [0.25, 0.3) is 0 Å². The van der Waals surface area contributed by atoms with Crippen molar-refractivity contribution < 1.29 is 22.4 Å². The van der Waals surface area contributed by atoms with E-state index in [-0.39, 0.29) is 11.3 Å². The number of alkyl halides is 3. The van der Waals surface area contributed by atoms with Crippen LogP contribution in [-0.4, -0.2) is 10.9 Å². The molecule has 0 fully saturated rings. The van der Waals surface area contributed by atoms with Gasteiger partial charge in [-0.05, 0) is 30.3 Å². The van der Waals surface area contributed by atoms with Crippen LogP contribution in [0.3, 0.4) is 0 Å². The third-order valence-corrected chi connectivity index (χ3v) is 2.98. The molecule has 0 bridgehead atoms. The number of amides is 1. The molecule has 0 saturated heterocycles. The van der Waals surface area contributed by atoms with Crippen molar-refractivity contribution in [1.29, 1.82) is 0 Å². The van der Waals surface area contributed by atoms with Crippen LogP contribution in [0.1, 0.15) is 16.1 Å². The monoisotopic (exact) mass is 362 g/mol. The molecule has 1 aromatic heterocycles. The molecule has 3 nitrogen and oxygen atoms in total. The summed E-state index contributed by atoms with van der Waals surface area (Å²) in [5, 5.41) is 2.27. The number of nitrogens with one attached hydrogen (secondary N) is 1. The van der Waals surface area contributed by atoms with E-state index in [2.05, 4.69) is 26.2 Å². The summed E-state index contributed by atoms with van der Waals surface area (Å²) >= 11 is 3.05. The number of carbonyl (C=O) groups is 1. The Morgan fingerprint density at radius 2 is 1.90 bits per heavy atom. The van der Waals surface area contributed by atoms with Gasteiger partial charge >= 0.3 is 6.18 Å². The fourth-order valence-corrected chi connectivity index (χ4v) is 1.84. The van der Waals surface area contributed by atoms with Crippen molar-refractivity contribution in [1.82, 2.24) is 4.98 Å². The van der Waals surface area contributed by atoms with Gasteiger partial charge in [-0.1, -0.05) is 15.9 Å². The average Bonchev–Trinajstić information content (AvgIpc) is 2.38. The van der Waals surface area contributed by atoms with Crippen LogP contribution in [0.2, 0.25) is 0 Å². The summed E-state index contributed by atoms with van der Waals surface area (Å²) in [7, 11) is 0. The zero-order chi connectivity index (χ0) is 15.6. The summed E-state index contributed by atoms with van der Waals surface area (Å²) in [5.74, 6) is -1.52. The first-order chi connectivity index (χ1) is 9.77. The Balaban J connectivity index is 2.16. The maximum absolute atomic E-state index is 13.6. The van der Waals surface area contributed by atoms with Crippen molar-refractivity contribution in [2.24, 2.45) is 0 Å². The highest BCUT2D eigenvalue weighted by molar-refractivity contribution is 9.10. The quantitative estimate of drug-likeness (QED) is 0.811. The molecule has 0 aliphatic carbocycles. The van der Waals surface area contributed by atoms with Crippen LogP contribution < -0.4 is 5.32 Å². The van der Waals surface area contributed by atoms with E-state index in [0.29, 0.717) is 4.47 Å². The van der Waals surface area contributed by atoms with Crippen LogP contribution in [0, 0.1) is 5.82 Å². The van der Waals surface area contributed by atoms with Gasteiger partial charge in [-0.15, -0.1) is 0 Å². The van der Waals surface area contributed by atoms with Crippen LogP contribution in [0.4, 0.5) is 23.2 Å². The van der Waals surface area contributed by atoms with E-state index in [9.17, 15) is 22.4 Å². The molecule has 0 radical (unpaired) electrons. The standard InChI is InChI=1S/C13H7BrF4N2O/c14-7-1-3-9(10(15)5-7)12(21)20-8-2-4-11(19-6-8)13(16,17)18/h1-6H,(H,20,21). The van der Waals surface area contributed by atoms with Crippen LogP contribution in [-0.2, 0) is 6.18 Å². The van der Waals surface area contributed by atoms with E-state index in [1.165, 1.54) is 12.1 Å². The number of pyridine rings is 1. The molecule has 0 atom stereocenters. The highest BCUT2D eigenvalue weighted by Crippen LogP contribution is 2.27. The topological polar surface area (TPSA) is 42.0 Å². The Hall–Kier alpha value is -1.96. The Bertz CT molecular complexity index is 671. The lowest BCUT2D eigenvalue weighted by molar-refractivity contribution is -0.141. The highest BCUT2D eigenvalue weighted by Gasteiger charge is 2.32. The molecular weight excluding hydrogens is 356 g/mol. The van der Waals surface area contributed by atoms with Crippen molar-refractivity contribution in [2.75, 3.05) is 5.32 Å². The minimum absolute atomic E-state index is 0.0373. The number of carbonyl (C=O) groups excluding carboxylic acids is 1. The van der Waals surface area contributed by atoms with Gasteiger partial charge in [0.1, 0.15) is 11.5 Å². The fraction of sp³-hybridized carbons (Fsp3) is 0.0769. The fourth-order valence-electron chi connectivity index (χ4n) is 1.51. The average molecular weight is 363 g/mol. The van der Waals surface area contributed by atoms with E-state index in [0.717, 1.165) is 24.4 Å². The van der Waals surface area contributed by atoms with E-state index in [4.69, 9.17) is 0 Å². The second-order valence-electron chi connectivity index (χ2n) is 4.01. The molecule has 2 rings (SSSR count). The first kappa shape index (κ1) is 15.4. The normalized spacial score (nSPS) is 11.3. The predicted molar refractivity (Wildman–Crippen MR) is 71.3 cm³/mol. The lowest BCUT2D eigenvalue weighted by Crippen LogP contribution is -2.14. The Kier molecular flexibility index (Phi) is 4.26. The van der Waals surface area contributed by atoms with Crippen molar-refractivity contribution >= 4 is 27.5 Å². The molecule has 21 heavy (non-hydrogen) atoms. The Morgan fingerprint density at radius 1 is 1.19 bits per heavy atom. The second-order valence-corrected chi connectivity index (χ2v) is 4.92.